The van der Waals surface area contributed by atoms with Crippen molar-refractivity contribution in [3.63, 3.8) is 0 Å². The van der Waals surface area contributed by atoms with Crippen LogP contribution in [0, 0.1) is 0 Å². The van der Waals surface area contributed by atoms with Gasteiger partial charge < -0.3 is 13.7 Å². The second-order valence-electron chi connectivity index (χ2n) is 5.07. The first-order valence-electron chi connectivity index (χ1n) is 6.95. The minimum Gasteiger partial charge on any atom is -0.596 e. The summed E-state index contributed by atoms with van der Waals surface area (Å²) in [5.41, 5.74) is -1.02. The molecule has 0 aliphatic heterocycles. The Morgan fingerprint density at radius 2 is 2.12 bits per heavy atom. The van der Waals surface area contributed by atoms with E-state index in [0.29, 0.717) is 16.1 Å². The fraction of sp³-hybridized carbons (Fsp3) is 0.267. The SMILES string of the molecule is COc1ccc2cc(C(=O)N(C=O)N[S+]([O-])C(C)C)c(=O)oc2c1. The van der Waals surface area contributed by atoms with Crippen molar-refractivity contribution < 1.29 is 23.3 Å². The summed E-state index contributed by atoms with van der Waals surface area (Å²) in [5, 5.41) is 0.618. The van der Waals surface area contributed by atoms with Crippen LogP contribution < -0.4 is 15.2 Å². The standard InChI is InChI=1S/C15H16N2O6S/c1-9(2)24(21)16-17(8-18)14(19)12-6-10-4-5-11(22-3)7-13(10)23-15(12)20/h4-9,16H,1-3H3. The second-order valence-corrected chi connectivity index (χ2v) is 6.79. The molecule has 1 aromatic heterocycles. The summed E-state index contributed by atoms with van der Waals surface area (Å²) in [6.45, 7) is 3.29. The summed E-state index contributed by atoms with van der Waals surface area (Å²) in [4.78, 5) is 37.7. The number of amides is 2. The van der Waals surface area contributed by atoms with Crippen molar-refractivity contribution in [2.24, 2.45) is 0 Å². The zero-order valence-corrected chi connectivity index (χ0v) is 14.1. The van der Waals surface area contributed by atoms with Gasteiger partial charge in [-0.05, 0) is 36.9 Å². The number of carbonyl (C=O) groups excluding carboxylic acids is 2. The van der Waals surface area contributed by atoms with E-state index in [-0.39, 0.29) is 22.8 Å². The summed E-state index contributed by atoms with van der Waals surface area (Å²) in [6, 6.07) is 6.06. The fourth-order valence-electron chi connectivity index (χ4n) is 1.81. The highest BCUT2D eigenvalue weighted by atomic mass is 32.2. The van der Waals surface area contributed by atoms with E-state index >= 15 is 0 Å². The van der Waals surface area contributed by atoms with Crippen LogP contribution in [-0.4, -0.2) is 34.2 Å². The Bertz CT molecular complexity index is 819. The molecule has 24 heavy (non-hydrogen) atoms. The van der Waals surface area contributed by atoms with Crippen LogP contribution >= 0.6 is 0 Å². The average Bonchev–Trinajstić information content (AvgIpc) is 2.57. The number of methoxy groups -OCH3 is 1. The Morgan fingerprint density at radius 3 is 2.71 bits per heavy atom. The molecule has 1 unspecified atom stereocenters. The number of carbonyl (C=O) groups is 2. The van der Waals surface area contributed by atoms with Gasteiger partial charge in [-0.2, -0.15) is 5.01 Å². The van der Waals surface area contributed by atoms with Crippen LogP contribution in [0.1, 0.15) is 24.2 Å². The lowest BCUT2D eigenvalue weighted by Gasteiger charge is -2.20. The molecule has 0 spiro atoms. The maximum absolute atomic E-state index is 12.3. The fourth-order valence-corrected chi connectivity index (χ4v) is 2.34. The van der Waals surface area contributed by atoms with Crippen LogP contribution in [0.15, 0.2) is 33.5 Å². The highest BCUT2D eigenvalue weighted by molar-refractivity contribution is 7.90. The number of nitrogens with one attached hydrogen (secondary N) is 1. The maximum atomic E-state index is 12.3. The molecule has 9 heteroatoms. The van der Waals surface area contributed by atoms with Gasteiger partial charge in [-0.3, -0.25) is 9.59 Å². The minimum absolute atomic E-state index is 0.153. The molecule has 1 N–H and O–H groups in total. The average molecular weight is 352 g/mol. The van der Waals surface area contributed by atoms with Gasteiger partial charge in [-0.25, -0.2) is 4.79 Å². The molecule has 0 fully saturated rings. The van der Waals surface area contributed by atoms with Crippen molar-refractivity contribution in [2.75, 3.05) is 7.11 Å². The molecule has 2 amide bonds. The lowest BCUT2D eigenvalue weighted by molar-refractivity contribution is -0.117. The highest BCUT2D eigenvalue weighted by Crippen LogP contribution is 2.20. The molecule has 128 valence electrons. The van der Waals surface area contributed by atoms with Gasteiger partial charge in [0, 0.05) is 11.5 Å². The van der Waals surface area contributed by atoms with Crippen molar-refractivity contribution in [1.29, 1.82) is 0 Å². The Hall–Kier alpha value is -2.36. The van der Waals surface area contributed by atoms with E-state index in [2.05, 4.69) is 4.83 Å². The van der Waals surface area contributed by atoms with E-state index < -0.39 is 22.9 Å². The lowest BCUT2D eigenvalue weighted by Crippen LogP contribution is -2.48. The molecule has 0 aliphatic carbocycles. The van der Waals surface area contributed by atoms with Crippen LogP contribution in [0.3, 0.4) is 0 Å². The summed E-state index contributed by atoms with van der Waals surface area (Å²) >= 11 is -1.66. The largest absolute Gasteiger partial charge is 0.596 e. The van der Waals surface area contributed by atoms with Crippen molar-refractivity contribution in [3.8, 4) is 5.75 Å². The van der Waals surface area contributed by atoms with Gasteiger partial charge in [0.25, 0.3) is 5.91 Å². The van der Waals surface area contributed by atoms with Crippen molar-refractivity contribution >= 4 is 34.6 Å². The second kappa shape index (κ2) is 7.47. The van der Waals surface area contributed by atoms with E-state index in [4.69, 9.17) is 9.15 Å². The van der Waals surface area contributed by atoms with Gasteiger partial charge in [0.2, 0.25) is 6.41 Å². The van der Waals surface area contributed by atoms with Crippen molar-refractivity contribution in [1.82, 2.24) is 9.84 Å². The van der Waals surface area contributed by atoms with E-state index in [9.17, 15) is 18.9 Å². The summed E-state index contributed by atoms with van der Waals surface area (Å²) in [7, 11) is 1.47. The topological polar surface area (TPSA) is 112 Å². The Balaban J connectivity index is 2.39. The van der Waals surface area contributed by atoms with Crippen molar-refractivity contribution in [3.05, 3.63) is 40.2 Å². The molecule has 1 aromatic carbocycles. The quantitative estimate of drug-likeness (QED) is 0.357. The zero-order chi connectivity index (χ0) is 17.9. The predicted octanol–water partition coefficient (Wildman–Crippen LogP) is 0.977. The van der Waals surface area contributed by atoms with Gasteiger partial charge in [-0.1, -0.05) is 0 Å². The number of hydrazine groups is 1. The molecule has 2 aromatic rings. The van der Waals surface area contributed by atoms with E-state index in [1.54, 1.807) is 26.0 Å². The Labute approximate surface area is 140 Å². The molecule has 8 nitrogen and oxygen atoms in total. The van der Waals surface area contributed by atoms with Crippen LogP contribution in [0.25, 0.3) is 11.0 Å². The van der Waals surface area contributed by atoms with Crippen LogP contribution in [0.2, 0.25) is 0 Å². The van der Waals surface area contributed by atoms with E-state index in [1.165, 1.54) is 19.2 Å². The number of rotatable bonds is 6. The number of hydrogen-bond acceptors (Lipinski definition) is 7. The van der Waals surface area contributed by atoms with E-state index in [0.717, 1.165) is 0 Å². The summed E-state index contributed by atoms with van der Waals surface area (Å²) in [5.74, 6) is -0.460. The van der Waals surface area contributed by atoms with Crippen LogP contribution in [-0.2, 0) is 16.2 Å². The molecular weight excluding hydrogens is 336 g/mol. The first kappa shape index (κ1) is 18.0. The van der Waals surface area contributed by atoms with Gasteiger partial charge >= 0.3 is 5.63 Å². The molecule has 0 saturated heterocycles. The van der Waals surface area contributed by atoms with Crippen molar-refractivity contribution in [2.45, 2.75) is 19.1 Å². The van der Waals surface area contributed by atoms with Crippen LogP contribution in [0.4, 0.5) is 0 Å². The first-order valence-corrected chi connectivity index (χ1v) is 8.16. The Morgan fingerprint density at radius 1 is 1.42 bits per heavy atom. The van der Waals surface area contributed by atoms with Crippen LogP contribution in [0.5, 0.6) is 5.75 Å². The third kappa shape index (κ3) is 3.75. The third-order valence-electron chi connectivity index (χ3n) is 3.11. The summed E-state index contributed by atoms with van der Waals surface area (Å²) in [6.07, 6.45) is 0.153. The third-order valence-corrected chi connectivity index (χ3v) is 4.35. The van der Waals surface area contributed by atoms with Gasteiger partial charge in [-0.15, -0.1) is 0 Å². The van der Waals surface area contributed by atoms with E-state index in [1.807, 2.05) is 0 Å². The number of imide groups is 1. The molecule has 0 bridgehead atoms. The molecule has 1 atom stereocenters. The first-order chi connectivity index (χ1) is 11.4. The normalized spacial score (nSPS) is 12.2. The number of benzene rings is 1. The number of fused-ring (bicyclic) bond motifs is 1. The molecule has 0 radical (unpaired) electrons. The molecule has 0 saturated carbocycles. The van der Waals surface area contributed by atoms with Gasteiger partial charge in [0.05, 0.1) is 18.5 Å². The smallest absolute Gasteiger partial charge is 0.349 e. The maximum Gasteiger partial charge on any atom is 0.349 e. The van der Waals surface area contributed by atoms with Gasteiger partial charge in [0.15, 0.2) is 0 Å². The lowest BCUT2D eigenvalue weighted by atomic mass is 10.1. The number of ether oxygens (including phenoxy) is 1. The molecule has 2 rings (SSSR count). The molecule has 1 heterocycles. The monoisotopic (exact) mass is 352 g/mol. The Kier molecular flexibility index (Phi) is 5.60. The minimum atomic E-state index is -1.66. The molecule has 0 aliphatic rings. The zero-order valence-electron chi connectivity index (χ0n) is 13.3. The predicted molar refractivity (Wildman–Crippen MR) is 87.7 cm³/mol. The molecular formula is C15H16N2O6S. The highest BCUT2D eigenvalue weighted by Gasteiger charge is 2.25. The van der Waals surface area contributed by atoms with Gasteiger partial charge in [0.1, 0.15) is 22.1 Å². The number of hydrogen-bond donors (Lipinski definition) is 1. The summed E-state index contributed by atoms with van der Waals surface area (Å²) < 4.78 is 21.9. The number of nitrogens with zero attached hydrogens (tertiary/aromatic N) is 1.